The molecule has 1 unspecified atom stereocenters. The number of methoxy groups -OCH3 is 1. The summed E-state index contributed by atoms with van der Waals surface area (Å²) in [7, 11) is 1.55. The van der Waals surface area contributed by atoms with Gasteiger partial charge in [0.2, 0.25) is 11.8 Å². The molecule has 1 aromatic heterocycles. The molecule has 6 nitrogen and oxygen atoms in total. The summed E-state index contributed by atoms with van der Waals surface area (Å²) >= 11 is 0. The first-order chi connectivity index (χ1) is 8.72. The Morgan fingerprint density at radius 1 is 1.50 bits per heavy atom. The van der Waals surface area contributed by atoms with Crippen molar-refractivity contribution in [2.24, 2.45) is 5.73 Å². The highest BCUT2D eigenvalue weighted by molar-refractivity contribution is 5.81. The number of rotatable bonds is 4. The van der Waals surface area contributed by atoms with Crippen molar-refractivity contribution in [1.29, 1.82) is 0 Å². The number of hydrogen-bond donors (Lipinski definition) is 1. The van der Waals surface area contributed by atoms with Crippen molar-refractivity contribution in [3.05, 3.63) is 23.9 Å². The van der Waals surface area contributed by atoms with Crippen LogP contribution in [-0.4, -0.2) is 49.2 Å². The van der Waals surface area contributed by atoms with Crippen LogP contribution >= 0.6 is 0 Å². The van der Waals surface area contributed by atoms with Gasteiger partial charge in [0, 0.05) is 25.4 Å². The number of ether oxygens (including phenoxy) is 2. The lowest BCUT2D eigenvalue weighted by atomic mass is 10.1. The molecule has 0 aromatic carbocycles. The van der Waals surface area contributed by atoms with Gasteiger partial charge < -0.3 is 15.2 Å². The van der Waals surface area contributed by atoms with E-state index in [0.29, 0.717) is 32.2 Å². The smallest absolute Gasteiger partial charge is 0.239 e. The second-order valence-electron chi connectivity index (χ2n) is 4.09. The van der Waals surface area contributed by atoms with Crippen molar-refractivity contribution in [3.63, 3.8) is 0 Å². The average Bonchev–Trinajstić information content (AvgIpc) is 2.40. The molecule has 1 aromatic rings. The molecule has 1 saturated heterocycles. The molecule has 0 radical (unpaired) electrons. The van der Waals surface area contributed by atoms with Crippen LogP contribution in [0.3, 0.4) is 0 Å². The Kier molecular flexibility index (Phi) is 4.11. The van der Waals surface area contributed by atoms with E-state index in [4.69, 9.17) is 15.2 Å². The first-order valence-electron chi connectivity index (χ1n) is 5.83. The molecule has 1 fully saturated rings. The third kappa shape index (κ3) is 2.77. The Bertz CT molecular complexity index is 402. The number of pyridine rings is 1. The van der Waals surface area contributed by atoms with Crippen LogP contribution in [0.25, 0.3) is 0 Å². The molecule has 1 aliphatic heterocycles. The number of morpholine rings is 1. The quantitative estimate of drug-likeness (QED) is 0.811. The van der Waals surface area contributed by atoms with Crippen molar-refractivity contribution >= 4 is 5.91 Å². The van der Waals surface area contributed by atoms with E-state index in [-0.39, 0.29) is 5.91 Å². The van der Waals surface area contributed by atoms with Crippen LogP contribution in [0.15, 0.2) is 18.3 Å². The first kappa shape index (κ1) is 12.8. The SMILES string of the molecule is COc1ccc(C(C(N)=O)N2CCOCC2)cn1. The molecule has 0 bridgehead atoms. The second kappa shape index (κ2) is 5.79. The van der Waals surface area contributed by atoms with Gasteiger partial charge in [-0.3, -0.25) is 9.69 Å². The molecule has 18 heavy (non-hydrogen) atoms. The highest BCUT2D eigenvalue weighted by Crippen LogP contribution is 2.22. The Balaban J connectivity index is 2.20. The second-order valence-corrected chi connectivity index (χ2v) is 4.09. The minimum absolute atomic E-state index is 0.371. The number of nitrogens with zero attached hydrogens (tertiary/aromatic N) is 2. The monoisotopic (exact) mass is 251 g/mol. The molecule has 1 amide bonds. The van der Waals surface area contributed by atoms with Gasteiger partial charge in [-0.05, 0) is 5.56 Å². The summed E-state index contributed by atoms with van der Waals surface area (Å²) in [5.74, 6) is 0.146. The highest BCUT2D eigenvalue weighted by Gasteiger charge is 2.27. The van der Waals surface area contributed by atoms with Crippen molar-refractivity contribution in [2.75, 3.05) is 33.4 Å². The van der Waals surface area contributed by atoms with Crippen LogP contribution in [0.5, 0.6) is 5.88 Å². The number of nitrogens with two attached hydrogens (primary N) is 1. The molecule has 0 spiro atoms. The number of primary amides is 1. The third-order valence-corrected chi connectivity index (χ3v) is 2.96. The summed E-state index contributed by atoms with van der Waals surface area (Å²) in [4.78, 5) is 17.8. The van der Waals surface area contributed by atoms with Crippen LogP contribution in [0, 0.1) is 0 Å². The zero-order valence-electron chi connectivity index (χ0n) is 10.3. The van der Waals surface area contributed by atoms with Gasteiger partial charge in [-0.1, -0.05) is 6.07 Å². The summed E-state index contributed by atoms with van der Waals surface area (Å²) in [5, 5.41) is 0. The lowest BCUT2D eigenvalue weighted by Crippen LogP contribution is -2.44. The number of carbonyl (C=O) groups is 1. The molecule has 2 rings (SSSR count). The predicted molar refractivity (Wildman–Crippen MR) is 65.1 cm³/mol. The summed E-state index contributed by atoms with van der Waals surface area (Å²) in [6, 6.07) is 3.09. The largest absolute Gasteiger partial charge is 0.481 e. The van der Waals surface area contributed by atoms with E-state index in [0.717, 1.165) is 5.56 Å². The fraction of sp³-hybridized carbons (Fsp3) is 0.500. The first-order valence-corrected chi connectivity index (χ1v) is 5.83. The topological polar surface area (TPSA) is 77.7 Å². The molecule has 0 saturated carbocycles. The molecular weight excluding hydrogens is 234 g/mol. The van der Waals surface area contributed by atoms with Crippen molar-refractivity contribution in [2.45, 2.75) is 6.04 Å². The van der Waals surface area contributed by atoms with Crippen molar-refractivity contribution in [1.82, 2.24) is 9.88 Å². The van der Waals surface area contributed by atoms with Crippen LogP contribution in [0.1, 0.15) is 11.6 Å². The maximum atomic E-state index is 11.6. The maximum Gasteiger partial charge on any atom is 0.239 e. The van der Waals surface area contributed by atoms with Crippen LogP contribution in [-0.2, 0) is 9.53 Å². The molecule has 2 N–H and O–H groups in total. The van der Waals surface area contributed by atoms with Gasteiger partial charge in [-0.15, -0.1) is 0 Å². The summed E-state index contributed by atoms with van der Waals surface area (Å²) in [6.07, 6.45) is 1.63. The molecule has 2 heterocycles. The zero-order chi connectivity index (χ0) is 13.0. The lowest BCUT2D eigenvalue weighted by molar-refractivity contribution is -0.125. The number of amides is 1. The van der Waals surface area contributed by atoms with Crippen molar-refractivity contribution < 1.29 is 14.3 Å². The van der Waals surface area contributed by atoms with E-state index < -0.39 is 6.04 Å². The number of hydrogen-bond acceptors (Lipinski definition) is 5. The van der Waals surface area contributed by atoms with Crippen LogP contribution < -0.4 is 10.5 Å². The standard InChI is InChI=1S/C12H17N3O3/c1-17-10-3-2-9(8-14-10)11(12(13)16)15-4-6-18-7-5-15/h2-3,8,11H,4-7H2,1H3,(H2,13,16). The van der Waals surface area contributed by atoms with Gasteiger partial charge in [-0.2, -0.15) is 0 Å². The molecule has 98 valence electrons. The van der Waals surface area contributed by atoms with E-state index in [1.807, 2.05) is 11.0 Å². The van der Waals surface area contributed by atoms with E-state index in [2.05, 4.69) is 4.98 Å². The Labute approximate surface area is 106 Å². The van der Waals surface area contributed by atoms with Gasteiger partial charge in [0.05, 0.1) is 20.3 Å². The number of aromatic nitrogens is 1. The summed E-state index contributed by atoms with van der Waals surface area (Å²) in [6.45, 7) is 2.62. The van der Waals surface area contributed by atoms with Crippen molar-refractivity contribution in [3.8, 4) is 5.88 Å². The molecule has 1 atom stereocenters. The van der Waals surface area contributed by atoms with Gasteiger partial charge in [0.1, 0.15) is 6.04 Å². The van der Waals surface area contributed by atoms with E-state index >= 15 is 0 Å². The minimum Gasteiger partial charge on any atom is -0.481 e. The lowest BCUT2D eigenvalue weighted by Gasteiger charge is -2.32. The van der Waals surface area contributed by atoms with E-state index in [1.165, 1.54) is 0 Å². The fourth-order valence-corrected chi connectivity index (χ4v) is 2.06. The van der Waals surface area contributed by atoms with Crippen LogP contribution in [0.4, 0.5) is 0 Å². The molecule has 6 heteroatoms. The molecule has 0 aliphatic carbocycles. The summed E-state index contributed by atoms with van der Waals surface area (Å²) < 4.78 is 10.3. The Morgan fingerprint density at radius 2 is 2.22 bits per heavy atom. The van der Waals surface area contributed by atoms with Gasteiger partial charge in [0.15, 0.2) is 0 Å². The zero-order valence-corrected chi connectivity index (χ0v) is 10.3. The van der Waals surface area contributed by atoms with Crippen LogP contribution in [0.2, 0.25) is 0 Å². The third-order valence-electron chi connectivity index (χ3n) is 2.96. The fourth-order valence-electron chi connectivity index (χ4n) is 2.06. The normalized spacial score (nSPS) is 18.3. The number of carbonyl (C=O) groups excluding carboxylic acids is 1. The van der Waals surface area contributed by atoms with Gasteiger partial charge >= 0.3 is 0 Å². The average molecular weight is 251 g/mol. The molecular formula is C12H17N3O3. The highest BCUT2D eigenvalue weighted by atomic mass is 16.5. The Morgan fingerprint density at radius 3 is 2.72 bits per heavy atom. The predicted octanol–water partition coefficient (Wildman–Crippen LogP) is -0.0512. The minimum atomic E-state index is -0.452. The van der Waals surface area contributed by atoms with E-state index in [1.54, 1.807) is 19.4 Å². The maximum absolute atomic E-state index is 11.6. The van der Waals surface area contributed by atoms with Gasteiger partial charge in [0.25, 0.3) is 0 Å². The van der Waals surface area contributed by atoms with Gasteiger partial charge in [-0.25, -0.2) is 4.98 Å². The summed E-state index contributed by atoms with van der Waals surface area (Å²) in [5.41, 5.74) is 6.27. The Hall–Kier alpha value is -1.66. The van der Waals surface area contributed by atoms with E-state index in [9.17, 15) is 4.79 Å². The molecule has 1 aliphatic rings.